The van der Waals surface area contributed by atoms with Crippen LogP contribution in [0.15, 0.2) is 34.9 Å². The molecular formula is C18H21N5O2. The first-order valence-electron chi connectivity index (χ1n) is 8.17. The predicted octanol–water partition coefficient (Wildman–Crippen LogP) is 3.31. The summed E-state index contributed by atoms with van der Waals surface area (Å²) in [7, 11) is 0. The van der Waals surface area contributed by atoms with Gasteiger partial charge in [-0.15, -0.1) is 5.10 Å². The number of nitrogens with zero attached hydrogens (tertiary/aromatic N) is 4. The highest BCUT2D eigenvalue weighted by molar-refractivity contribution is 5.90. The van der Waals surface area contributed by atoms with E-state index in [1.165, 1.54) is 5.56 Å². The molecular weight excluding hydrogens is 318 g/mol. The molecule has 25 heavy (non-hydrogen) atoms. The molecule has 7 nitrogen and oxygen atoms in total. The molecule has 1 amide bonds. The maximum atomic E-state index is 12.2. The molecule has 2 aromatic heterocycles. The van der Waals surface area contributed by atoms with Gasteiger partial charge in [-0.2, -0.15) is 5.10 Å². The molecule has 0 saturated carbocycles. The van der Waals surface area contributed by atoms with Crippen LogP contribution in [0.25, 0.3) is 11.6 Å². The minimum Gasteiger partial charge on any atom is -0.401 e. The van der Waals surface area contributed by atoms with Crippen LogP contribution in [-0.4, -0.2) is 25.9 Å². The first kappa shape index (κ1) is 16.9. The number of carbonyl (C=O) groups excluding carboxylic acids is 1. The summed E-state index contributed by atoms with van der Waals surface area (Å²) >= 11 is 0. The van der Waals surface area contributed by atoms with Gasteiger partial charge in [0.05, 0.1) is 6.42 Å². The van der Waals surface area contributed by atoms with Crippen LogP contribution < -0.4 is 5.32 Å². The Kier molecular flexibility index (Phi) is 4.65. The standard InChI is InChI=1S/C18H21N5O2/c1-11(2)23-8-7-15(22-23)17-20-21-18(25-17)19-16(24)10-14-6-5-12(3)13(4)9-14/h5-9,11H,10H2,1-4H3,(H,19,21,24). The molecule has 0 spiro atoms. The molecule has 130 valence electrons. The molecule has 2 heterocycles. The quantitative estimate of drug-likeness (QED) is 0.771. The van der Waals surface area contributed by atoms with Crippen LogP contribution in [0, 0.1) is 13.8 Å². The maximum absolute atomic E-state index is 12.2. The van der Waals surface area contributed by atoms with Crippen LogP contribution in [0.3, 0.4) is 0 Å². The fourth-order valence-electron chi connectivity index (χ4n) is 2.38. The lowest BCUT2D eigenvalue weighted by Crippen LogP contribution is -2.14. The molecule has 0 aliphatic rings. The van der Waals surface area contributed by atoms with Crippen LogP contribution in [0.5, 0.6) is 0 Å². The Labute approximate surface area is 146 Å². The van der Waals surface area contributed by atoms with Crippen molar-refractivity contribution >= 4 is 11.9 Å². The molecule has 3 rings (SSSR count). The van der Waals surface area contributed by atoms with Gasteiger partial charge in [-0.3, -0.25) is 14.8 Å². The van der Waals surface area contributed by atoms with E-state index in [1.807, 2.05) is 52.1 Å². The van der Waals surface area contributed by atoms with Gasteiger partial charge >= 0.3 is 6.01 Å². The number of benzene rings is 1. The second-order valence-electron chi connectivity index (χ2n) is 6.33. The third-order valence-corrected chi connectivity index (χ3v) is 3.96. The minimum atomic E-state index is -0.203. The van der Waals surface area contributed by atoms with Crippen LogP contribution in [0.2, 0.25) is 0 Å². The average molecular weight is 339 g/mol. The normalized spacial score (nSPS) is 11.1. The molecule has 1 N–H and O–H groups in total. The molecule has 7 heteroatoms. The van der Waals surface area contributed by atoms with Gasteiger partial charge < -0.3 is 4.42 Å². The number of anilines is 1. The minimum absolute atomic E-state index is 0.0722. The molecule has 0 fully saturated rings. The number of rotatable bonds is 5. The van der Waals surface area contributed by atoms with Crippen LogP contribution in [0.4, 0.5) is 6.01 Å². The van der Waals surface area contributed by atoms with Crippen molar-refractivity contribution in [3.8, 4) is 11.6 Å². The van der Waals surface area contributed by atoms with Crippen molar-refractivity contribution in [2.75, 3.05) is 5.32 Å². The van der Waals surface area contributed by atoms with Crippen molar-refractivity contribution in [3.63, 3.8) is 0 Å². The van der Waals surface area contributed by atoms with E-state index in [4.69, 9.17) is 4.42 Å². The summed E-state index contributed by atoms with van der Waals surface area (Å²) in [5.74, 6) is 0.0760. The smallest absolute Gasteiger partial charge is 0.322 e. The summed E-state index contributed by atoms with van der Waals surface area (Å²) in [6.45, 7) is 8.13. The molecule has 0 aliphatic heterocycles. The Morgan fingerprint density at radius 1 is 1.20 bits per heavy atom. The van der Waals surface area contributed by atoms with Crippen molar-refractivity contribution in [1.82, 2.24) is 20.0 Å². The molecule has 1 aromatic carbocycles. The third-order valence-electron chi connectivity index (χ3n) is 3.96. The highest BCUT2D eigenvalue weighted by Gasteiger charge is 2.14. The third kappa shape index (κ3) is 3.93. The maximum Gasteiger partial charge on any atom is 0.322 e. The second-order valence-corrected chi connectivity index (χ2v) is 6.33. The van der Waals surface area contributed by atoms with Crippen molar-refractivity contribution in [3.05, 3.63) is 47.2 Å². The highest BCUT2D eigenvalue weighted by Crippen LogP contribution is 2.19. The monoisotopic (exact) mass is 339 g/mol. The van der Waals surface area contributed by atoms with Gasteiger partial charge in [-0.1, -0.05) is 23.3 Å². The molecule has 0 unspecified atom stereocenters. The Balaban J connectivity index is 1.66. The van der Waals surface area contributed by atoms with E-state index in [9.17, 15) is 4.79 Å². The van der Waals surface area contributed by atoms with Gasteiger partial charge in [0.1, 0.15) is 5.69 Å². The van der Waals surface area contributed by atoms with Crippen LogP contribution in [0.1, 0.15) is 36.6 Å². The Bertz CT molecular complexity index is 895. The van der Waals surface area contributed by atoms with E-state index in [1.54, 1.807) is 10.7 Å². The summed E-state index contributed by atoms with van der Waals surface area (Å²) in [4.78, 5) is 12.2. The first-order chi connectivity index (χ1) is 11.9. The highest BCUT2D eigenvalue weighted by atomic mass is 16.4. The number of aromatic nitrogens is 4. The Morgan fingerprint density at radius 3 is 2.68 bits per heavy atom. The lowest BCUT2D eigenvalue weighted by molar-refractivity contribution is -0.115. The molecule has 0 aliphatic carbocycles. The van der Waals surface area contributed by atoms with E-state index in [0.717, 1.165) is 11.1 Å². The SMILES string of the molecule is Cc1ccc(CC(=O)Nc2nnc(-c3ccn(C(C)C)n3)o2)cc1C. The van der Waals surface area contributed by atoms with E-state index in [2.05, 4.69) is 20.6 Å². The van der Waals surface area contributed by atoms with E-state index >= 15 is 0 Å². The van der Waals surface area contributed by atoms with Crippen molar-refractivity contribution in [2.45, 2.75) is 40.2 Å². The Hall–Kier alpha value is -2.96. The van der Waals surface area contributed by atoms with E-state index in [0.29, 0.717) is 5.69 Å². The van der Waals surface area contributed by atoms with Crippen molar-refractivity contribution in [1.29, 1.82) is 0 Å². The largest absolute Gasteiger partial charge is 0.401 e. The number of nitrogens with one attached hydrogen (secondary N) is 1. The van der Waals surface area contributed by atoms with Gasteiger partial charge in [0, 0.05) is 12.2 Å². The van der Waals surface area contributed by atoms with Gasteiger partial charge in [0.25, 0.3) is 5.89 Å². The summed E-state index contributed by atoms with van der Waals surface area (Å²) < 4.78 is 7.29. The number of aryl methyl sites for hydroxylation is 2. The fraction of sp³-hybridized carbons (Fsp3) is 0.333. The molecule has 3 aromatic rings. The van der Waals surface area contributed by atoms with Crippen molar-refractivity contribution in [2.24, 2.45) is 0 Å². The van der Waals surface area contributed by atoms with Crippen LogP contribution in [-0.2, 0) is 11.2 Å². The molecule has 0 radical (unpaired) electrons. The topological polar surface area (TPSA) is 85.8 Å². The number of hydrogen-bond donors (Lipinski definition) is 1. The zero-order chi connectivity index (χ0) is 18.0. The molecule has 0 bridgehead atoms. The predicted molar refractivity (Wildman–Crippen MR) is 94.2 cm³/mol. The van der Waals surface area contributed by atoms with Gasteiger partial charge in [-0.25, -0.2) is 0 Å². The first-order valence-corrected chi connectivity index (χ1v) is 8.17. The lowest BCUT2D eigenvalue weighted by Gasteiger charge is -2.04. The number of carbonyl (C=O) groups is 1. The lowest BCUT2D eigenvalue weighted by atomic mass is 10.0. The van der Waals surface area contributed by atoms with Crippen molar-refractivity contribution < 1.29 is 9.21 Å². The average Bonchev–Trinajstić information content (AvgIpc) is 3.19. The summed E-state index contributed by atoms with van der Waals surface area (Å²) in [5, 5.41) is 14.8. The summed E-state index contributed by atoms with van der Waals surface area (Å²) in [5.41, 5.74) is 3.88. The second kappa shape index (κ2) is 6.88. The molecule has 0 atom stereocenters. The van der Waals surface area contributed by atoms with Gasteiger partial charge in [0.2, 0.25) is 5.91 Å². The summed E-state index contributed by atoms with van der Waals surface area (Å²) in [6.07, 6.45) is 2.10. The Morgan fingerprint density at radius 2 is 2.00 bits per heavy atom. The molecule has 0 saturated heterocycles. The van der Waals surface area contributed by atoms with Gasteiger partial charge in [-0.05, 0) is 50.5 Å². The zero-order valence-corrected chi connectivity index (χ0v) is 14.8. The van der Waals surface area contributed by atoms with E-state index < -0.39 is 0 Å². The number of hydrogen-bond acceptors (Lipinski definition) is 5. The number of amides is 1. The van der Waals surface area contributed by atoms with E-state index in [-0.39, 0.29) is 30.3 Å². The zero-order valence-electron chi connectivity index (χ0n) is 14.8. The fourth-order valence-corrected chi connectivity index (χ4v) is 2.38. The van der Waals surface area contributed by atoms with Crippen LogP contribution >= 0.6 is 0 Å². The summed E-state index contributed by atoms with van der Waals surface area (Å²) in [6, 6.07) is 8.07. The van der Waals surface area contributed by atoms with Gasteiger partial charge in [0.15, 0.2) is 0 Å².